The van der Waals surface area contributed by atoms with Crippen LogP contribution in [-0.2, 0) is 16.0 Å². The molecule has 0 radical (unpaired) electrons. The maximum atomic E-state index is 12.8. The van der Waals surface area contributed by atoms with E-state index in [1.807, 2.05) is 0 Å². The number of carbonyl (C=O) groups is 1. The summed E-state index contributed by atoms with van der Waals surface area (Å²) in [6, 6.07) is 0. The molecule has 0 N–H and O–H groups in total. The van der Waals surface area contributed by atoms with Crippen LogP contribution < -0.4 is 0 Å². The molecule has 1 aromatic heterocycles. The first-order chi connectivity index (χ1) is 7.97. The van der Waals surface area contributed by atoms with Gasteiger partial charge in [0.1, 0.15) is 0 Å². The van der Waals surface area contributed by atoms with Gasteiger partial charge < -0.3 is 4.74 Å². The van der Waals surface area contributed by atoms with Gasteiger partial charge >= 0.3 is 5.97 Å². The zero-order valence-electron chi connectivity index (χ0n) is 8.84. The summed E-state index contributed by atoms with van der Waals surface area (Å²) < 4.78 is 30.8. The predicted molar refractivity (Wildman–Crippen MR) is 69.9 cm³/mol. The van der Waals surface area contributed by atoms with Crippen LogP contribution in [0.5, 0.6) is 0 Å². The summed E-state index contributed by atoms with van der Waals surface area (Å²) in [6.07, 6.45) is -1.43. The van der Waals surface area contributed by atoms with Gasteiger partial charge in [-0.25, -0.2) is 8.78 Å². The first-order valence-electron chi connectivity index (χ1n) is 4.73. The molecule has 94 valence electrons. The number of hydrogen-bond acceptors (Lipinski definition) is 3. The van der Waals surface area contributed by atoms with E-state index < -0.39 is 12.4 Å². The summed E-state index contributed by atoms with van der Waals surface area (Å²) in [5.41, 5.74) is 0.169. The molecule has 0 aromatic carbocycles. The molecule has 1 rings (SSSR count). The Hall–Kier alpha value is -0.310. The molecule has 0 amide bonds. The molecule has 17 heavy (non-hydrogen) atoms. The first kappa shape index (κ1) is 14.7. The van der Waals surface area contributed by atoms with Gasteiger partial charge in [-0.05, 0) is 45.4 Å². The number of ether oxygens (including phenoxy) is 1. The normalized spacial score (nSPS) is 10.7. The Labute approximate surface area is 119 Å². The molecule has 0 aliphatic rings. The fraction of sp³-hybridized carbons (Fsp3) is 0.400. The third-order valence-electron chi connectivity index (χ3n) is 1.92. The van der Waals surface area contributed by atoms with Crippen LogP contribution >= 0.6 is 38.5 Å². The van der Waals surface area contributed by atoms with Crippen molar-refractivity contribution in [1.29, 1.82) is 0 Å². The van der Waals surface area contributed by atoms with Crippen LogP contribution in [0.1, 0.15) is 24.6 Å². The molecule has 3 nitrogen and oxygen atoms in total. The minimum absolute atomic E-state index is 0.0981. The van der Waals surface area contributed by atoms with Crippen molar-refractivity contribution in [3.63, 3.8) is 0 Å². The van der Waals surface area contributed by atoms with Gasteiger partial charge in [-0.1, -0.05) is 0 Å². The summed E-state index contributed by atoms with van der Waals surface area (Å²) >= 11 is 4.78. The first-order valence-corrected chi connectivity index (χ1v) is 6.61. The number of pyridine rings is 1. The van der Waals surface area contributed by atoms with Crippen molar-refractivity contribution in [2.45, 2.75) is 19.8 Å². The highest BCUT2D eigenvalue weighted by Gasteiger charge is 2.20. The summed E-state index contributed by atoms with van der Waals surface area (Å²) in [5.74, 6) is -0.472. The van der Waals surface area contributed by atoms with Gasteiger partial charge in [0.2, 0.25) is 0 Å². The molecule has 0 saturated heterocycles. The van der Waals surface area contributed by atoms with Crippen molar-refractivity contribution >= 4 is 44.5 Å². The third kappa shape index (κ3) is 3.84. The topological polar surface area (TPSA) is 39.2 Å². The lowest BCUT2D eigenvalue weighted by atomic mass is 10.2. The smallest absolute Gasteiger partial charge is 0.311 e. The molecule has 7 heteroatoms. The van der Waals surface area contributed by atoms with E-state index in [-0.39, 0.29) is 23.1 Å². The van der Waals surface area contributed by atoms with Gasteiger partial charge in [-0.15, -0.1) is 0 Å². The fourth-order valence-corrected chi connectivity index (χ4v) is 2.89. The molecule has 0 aliphatic heterocycles. The highest BCUT2D eigenvalue weighted by molar-refractivity contribution is 14.1. The van der Waals surface area contributed by atoms with Gasteiger partial charge in [0, 0.05) is 19.8 Å². The Morgan fingerprint density at radius 1 is 1.65 bits per heavy atom. The van der Waals surface area contributed by atoms with Crippen molar-refractivity contribution in [2.24, 2.45) is 0 Å². The predicted octanol–water partition coefficient (Wildman–Crippen LogP) is 3.49. The van der Waals surface area contributed by atoms with E-state index in [1.165, 1.54) is 6.20 Å². The van der Waals surface area contributed by atoms with Gasteiger partial charge in [0.15, 0.2) is 0 Å². The van der Waals surface area contributed by atoms with Crippen LogP contribution in [0, 0.1) is 3.57 Å². The van der Waals surface area contributed by atoms with Gasteiger partial charge in [-0.3, -0.25) is 9.78 Å². The SMILES string of the molecule is CCOC(=O)Cc1ncc(Br)c(C(F)F)c1I. The van der Waals surface area contributed by atoms with E-state index in [2.05, 4.69) is 20.9 Å². The van der Waals surface area contributed by atoms with Crippen LogP contribution in [0.4, 0.5) is 8.78 Å². The highest BCUT2D eigenvalue weighted by atomic mass is 127. The Bertz CT molecular complexity index is 429. The van der Waals surface area contributed by atoms with Gasteiger partial charge in [0.25, 0.3) is 6.43 Å². The number of alkyl halides is 2. The largest absolute Gasteiger partial charge is 0.466 e. The molecule has 0 aliphatic carbocycles. The minimum atomic E-state index is -2.61. The van der Waals surface area contributed by atoms with Crippen molar-refractivity contribution < 1.29 is 18.3 Å². The summed E-state index contributed by atoms with van der Waals surface area (Å²) in [6.45, 7) is 1.94. The molecule has 0 saturated carbocycles. The molecule has 0 spiro atoms. The Kier molecular flexibility index (Phi) is 5.71. The lowest BCUT2D eigenvalue weighted by molar-refractivity contribution is -0.142. The van der Waals surface area contributed by atoms with Crippen LogP contribution in [0.3, 0.4) is 0 Å². The van der Waals surface area contributed by atoms with Crippen LogP contribution in [0.25, 0.3) is 0 Å². The standard InChI is InChI=1S/C10H9BrF2INO2/c1-2-17-7(16)3-6-9(14)8(10(12)13)5(11)4-15-6/h4,10H,2-3H2,1H3. The second-order valence-electron chi connectivity index (χ2n) is 3.06. The van der Waals surface area contributed by atoms with E-state index in [4.69, 9.17) is 4.74 Å². The van der Waals surface area contributed by atoms with Crippen LogP contribution in [0.2, 0.25) is 0 Å². The number of nitrogens with zero attached hydrogens (tertiary/aromatic N) is 1. The second kappa shape index (κ2) is 6.58. The van der Waals surface area contributed by atoms with Gasteiger partial charge in [-0.2, -0.15) is 0 Å². The summed E-state index contributed by atoms with van der Waals surface area (Å²) in [4.78, 5) is 15.2. The van der Waals surface area contributed by atoms with Crippen LogP contribution in [-0.4, -0.2) is 17.6 Å². The third-order valence-corrected chi connectivity index (χ3v) is 3.75. The summed E-state index contributed by atoms with van der Waals surface area (Å²) in [5, 5.41) is 0. The zero-order valence-corrected chi connectivity index (χ0v) is 12.6. The Morgan fingerprint density at radius 2 is 2.29 bits per heavy atom. The second-order valence-corrected chi connectivity index (χ2v) is 5.00. The maximum absolute atomic E-state index is 12.8. The van der Waals surface area contributed by atoms with E-state index >= 15 is 0 Å². The average molecular weight is 420 g/mol. The van der Waals surface area contributed by atoms with Crippen molar-refractivity contribution in [3.05, 3.63) is 25.5 Å². The van der Waals surface area contributed by atoms with Crippen molar-refractivity contribution in [3.8, 4) is 0 Å². The molecule has 0 bridgehead atoms. The molecular formula is C10H9BrF2INO2. The molecule has 1 aromatic rings. The van der Waals surface area contributed by atoms with Crippen LogP contribution in [0.15, 0.2) is 10.7 Å². The lowest BCUT2D eigenvalue weighted by Gasteiger charge is -2.10. The fourth-order valence-electron chi connectivity index (χ4n) is 1.19. The number of rotatable bonds is 4. The molecule has 1 heterocycles. The lowest BCUT2D eigenvalue weighted by Crippen LogP contribution is -2.11. The van der Waals surface area contributed by atoms with E-state index in [0.29, 0.717) is 9.26 Å². The average Bonchev–Trinajstić information content (AvgIpc) is 2.22. The van der Waals surface area contributed by atoms with E-state index in [9.17, 15) is 13.6 Å². The van der Waals surface area contributed by atoms with Crippen molar-refractivity contribution in [2.75, 3.05) is 6.61 Å². The zero-order chi connectivity index (χ0) is 13.0. The number of hydrogen-bond donors (Lipinski definition) is 0. The summed E-state index contributed by atoms with van der Waals surface area (Å²) in [7, 11) is 0. The minimum Gasteiger partial charge on any atom is -0.466 e. The molecule has 0 atom stereocenters. The molecule has 0 fully saturated rings. The van der Waals surface area contributed by atoms with Crippen molar-refractivity contribution in [1.82, 2.24) is 4.98 Å². The monoisotopic (exact) mass is 419 g/mol. The number of esters is 1. The number of carbonyl (C=O) groups excluding carboxylic acids is 1. The van der Waals surface area contributed by atoms with Gasteiger partial charge in [0.05, 0.1) is 18.7 Å². The Balaban J connectivity index is 3.02. The maximum Gasteiger partial charge on any atom is 0.311 e. The number of aromatic nitrogens is 1. The molecular weight excluding hydrogens is 411 g/mol. The Morgan fingerprint density at radius 3 is 2.82 bits per heavy atom. The number of halogens is 4. The quantitative estimate of drug-likeness (QED) is 0.554. The van der Waals surface area contributed by atoms with E-state index in [1.54, 1.807) is 29.5 Å². The van der Waals surface area contributed by atoms with E-state index in [0.717, 1.165) is 0 Å². The highest BCUT2D eigenvalue weighted by Crippen LogP contribution is 2.32. The molecule has 0 unspecified atom stereocenters.